The van der Waals surface area contributed by atoms with Gasteiger partial charge in [0.1, 0.15) is 11.9 Å². The summed E-state index contributed by atoms with van der Waals surface area (Å²) in [5.41, 5.74) is 3.04. The van der Waals surface area contributed by atoms with Gasteiger partial charge in [-0.15, -0.1) is 0 Å². The number of unbranched alkanes of at least 4 members (excludes halogenated alkanes) is 3. The lowest BCUT2D eigenvalue weighted by molar-refractivity contribution is -0.137. The predicted molar refractivity (Wildman–Crippen MR) is 156 cm³/mol. The van der Waals surface area contributed by atoms with Crippen LogP contribution in [0.3, 0.4) is 0 Å². The Labute approximate surface area is 235 Å². The minimum absolute atomic E-state index is 0.0173. The van der Waals surface area contributed by atoms with E-state index < -0.39 is 0 Å². The molecular weight excluding hydrogens is 488 g/mol. The summed E-state index contributed by atoms with van der Waals surface area (Å²) in [4.78, 5) is 12.9. The van der Waals surface area contributed by atoms with E-state index in [0.717, 1.165) is 88.4 Å². The highest BCUT2D eigenvalue weighted by molar-refractivity contribution is 5.90. The van der Waals surface area contributed by atoms with E-state index in [4.69, 9.17) is 18.9 Å². The van der Waals surface area contributed by atoms with Crippen LogP contribution in [-0.2, 0) is 14.2 Å². The summed E-state index contributed by atoms with van der Waals surface area (Å²) in [5.74, 6) is 2.27. The predicted octanol–water partition coefficient (Wildman–Crippen LogP) is 7.96. The summed E-state index contributed by atoms with van der Waals surface area (Å²) in [6.45, 7) is 13.0. The Morgan fingerprint density at radius 2 is 1.56 bits per heavy atom. The van der Waals surface area contributed by atoms with Gasteiger partial charge < -0.3 is 18.9 Å². The Hall–Kier alpha value is -2.37. The van der Waals surface area contributed by atoms with Crippen LogP contribution in [0.4, 0.5) is 0 Å². The zero-order valence-corrected chi connectivity index (χ0v) is 24.5. The number of hydrogen-bond donors (Lipinski definition) is 0. The maximum atomic E-state index is 12.9. The first-order valence-electron chi connectivity index (χ1n) is 15.0. The van der Waals surface area contributed by atoms with Crippen LogP contribution in [0.2, 0.25) is 0 Å². The van der Waals surface area contributed by atoms with Crippen molar-refractivity contribution in [1.82, 2.24) is 0 Å². The summed E-state index contributed by atoms with van der Waals surface area (Å²) >= 11 is 0. The van der Waals surface area contributed by atoms with Gasteiger partial charge in [0.05, 0.1) is 32.0 Å². The molecule has 1 saturated heterocycles. The summed E-state index contributed by atoms with van der Waals surface area (Å²) in [7, 11) is 0. The lowest BCUT2D eigenvalue weighted by Gasteiger charge is -2.37. The van der Waals surface area contributed by atoms with Crippen LogP contribution in [0.1, 0.15) is 83.0 Å². The van der Waals surface area contributed by atoms with Gasteiger partial charge in [0.2, 0.25) is 0 Å². The van der Waals surface area contributed by atoms with Crippen LogP contribution < -0.4 is 4.74 Å². The van der Waals surface area contributed by atoms with Crippen molar-refractivity contribution in [1.29, 1.82) is 0 Å². The van der Waals surface area contributed by atoms with Gasteiger partial charge in [-0.3, -0.25) is 0 Å². The number of ether oxygens (including phenoxy) is 4. The van der Waals surface area contributed by atoms with Crippen LogP contribution in [0.25, 0.3) is 11.1 Å². The van der Waals surface area contributed by atoms with Crippen LogP contribution in [0.15, 0.2) is 48.5 Å². The second-order valence-corrected chi connectivity index (χ2v) is 12.5. The molecule has 5 heteroatoms. The van der Waals surface area contributed by atoms with Crippen LogP contribution in [0, 0.1) is 23.2 Å². The van der Waals surface area contributed by atoms with Crippen molar-refractivity contribution >= 4 is 5.97 Å². The highest BCUT2D eigenvalue weighted by Crippen LogP contribution is 2.36. The van der Waals surface area contributed by atoms with Crippen molar-refractivity contribution in [2.75, 3.05) is 33.0 Å². The van der Waals surface area contributed by atoms with Gasteiger partial charge >= 0.3 is 5.97 Å². The summed E-state index contributed by atoms with van der Waals surface area (Å²) in [5, 5.41) is 0. The maximum absolute atomic E-state index is 12.9. The lowest BCUT2D eigenvalue weighted by atomic mass is 9.75. The molecule has 0 radical (unpaired) electrons. The third kappa shape index (κ3) is 8.81. The zero-order chi connectivity index (χ0) is 27.7. The number of hydrogen-bond acceptors (Lipinski definition) is 5. The van der Waals surface area contributed by atoms with Gasteiger partial charge in [0.25, 0.3) is 0 Å². The Morgan fingerprint density at radius 1 is 0.923 bits per heavy atom. The van der Waals surface area contributed by atoms with E-state index in [2.05, 4.69) is 39.8 Å². The largest absolute Gasteiger partial charge is 0.494 e. The van der Waals surface area contributed by atoms with Gasteiger partial charge in [0.15, 0.2) is 0 Å². The summed E-state index contributed by atoms with van der Waals surface area (Å²) < 4.78 is 23.0. The van der Waals surface area contributed by atoms with E-state index in [1.807, 2.05) is 36.4 Å². The minimum Gasteiger partial charge on any atom is -0.494 e. The first-order valence-corrected chi connectivity index (χ1v) is 15.0. The average Bonchev–Trinajstić information content (AvgIpc) is 2.91. The third-order valence-corrected chi connectivity index (χ3v) is 8.33. The molecular formula is C34H48O5. The molecule has 0 bridgehead atoms. The average molecular weight is 537 g/mol. The minimum atomic E-state index is -0.208. The molecule has 214 valence electrons. The Balaban J connectivity index is 1.15. The zero-order valence-electron chi connectivity index (χ0n) is 24.5. The smallest absolute Gasteiger partial charge is 0.338 e. The Morgan fingerprint density at radius 3 is 2.18 bits per heavy atom. The van der Waals surface area contributed by atoms with Crippen molar-refractivity contribution in [2.45, 2.75) is 78.7 Å². The SMILES string of the molecule is CC1CCC(C(C)C)C(OC(=O)c2ccc(-c3ccc(OCCCCCCOCC4(C)COC4)cc3)cc2)C1. The van der Waals surface area contributed by atoms with Crippen LogP contribution >= 0.6 is 0 Å². The Kier molecular flexibility index (Phi) is 10.9. The van der Waals surface area contributed by atoms with E-state index in [9.17, 15) is 4.79 Å². The van der Waals surface area contributed by atoms with Crippen molar-refractivity contribution < 1.29 is 23.7 Å². The molecule has 2 aliphatic rings. The molecule has 1 saturated carbocycles. The number of carbonyl (C=O) groups excluding carboxylic acids is 1. The van der Waals surface area contributed by atoms with Crippen LogP contribution in [-0.4, -0.2) is 45.1 Å². The highest BCUT2D eigenvalue weighted by Gasteiger charge is 2.34. The van der Waals surface area contributed by atoms with E-state index in [1.54, 1.807) is 0 Å². The quantitative estimate of drug-likeness (QED) is 0.181. The monoisotopic (exact) mass is 536 g/mol. The van der Waals surface area contributed by atoms with Gasteiger partial charge in [-0.2, -0.15) is 0 Å². The van der Waals surface area contributed by atoms with Crippen LogP contribution in [0.5, 0.6) is 5.75 Å². The van der Waals surface area contributed by atoms with E-state index in [1.165, 1.54) is 6.42 Å². The number of carbonyl (C=O) groups is 1. The van der Waals surface area contributed by atoms with Crippen molar-refractivity contribution in [2.24, 2.45) is 23.2 Å². The molecule has 0 amide bonds. The third-order valence-electron chi connectivity index (χ3n) is 8.33. The number of esters is 1. The first-order chi connectivity index (χ1) is 18.8. The Bertz CT molecular complexity index is 1010. The standard InChI is InChI=1S/C34H48O5/c1-25(2)31-18-9-26(3)21-32(31)39-33(35)29-12-10-27(11-13-29)28-14-16-30(17-15-28)38-20-8-6-5-7-19-36-22-34(4)23-37-24-34/h10-17,25-26,31-32H,5-9,18-24H2,1-4H3. The molecule has 0 spiro atoms. The normalized spacial score (nSPS) is 22.3. The number of benzene rings is 2. The van der Waals surface area contributed by atoms with Gasteiger partial charge in [-0.25, -0.2) is 4.79 Å². The second-order valence-electron chi connectivity index (χ2n) is 12.5. The molecule has 2 fully saturated rings. The van der Waals surface area contributed by atoms with E-state index in [-0.39, 0.29) is 17.5 Å². The van der Waals surface area contributed by atoms with Gasteiger partial charge in [0, 0.05) is 12.0 Å². The van der Waals surface area contributed by atoms with Gasteiger partial charge in [-0.05, 0) is 85.3 Å². The molecule has 5 nitrogen and oxygen atoms in total. The molecule has 1 aliphatic heterocycles. The molecule has 3 unspecified atom stereocenters. The molecule has 0 N–H and O–H groups in total. The highest BCUT2D eigenvalue weighted by atomic mass is 16.5. The second kappa shape index (κ2) is 14.3. The maximum Gasteiger partial charge on any atom is 0.338 e. The van der Waals surface area contributed by atoms with Crippen molar-refractivity contribution in [3.63, 3.8) is 0 Å². The molecule has 3 atom stereocenters. The molecule has 4 rings (SSSR count). The van der Waals surface area contributed by atoms with Crippen molar-refractivity contribution in [3.05, 3.63) is 54.1 Å². The molecule has 39 heavy (non-hydrogen) atoms. The fraction of sp³-hybridized carbons (Fsp3) is 0.618. The first kappa shape index (κ1) is 29.6. The van der Waals surface area contributed by atoms with Gasteiger partial charge in [-0.1, -0.05) is 64.8 Å². The summed E-state index contributed by atoms with van der Waals surface area (Å²) in [6.07, 6.45) is 7.80. The molecule has 1 aliphatic carbocycles. The fourth-order valence-electron chi connectivity index (χ4n) is 5.70. The van der Waals surface area contributed by atoms with E-state index in [0.29, 0.717) is 23.3 Å². The topological polar surface area (TPSA) is 54.0 Å². The lowest BCUT2D eigenvalue weighted by Crippen LogP contribution is -2.43. The van der Waals surface area contributed by atoms with Crippen molar-refractivity contribution in [3.8, 4) is 16.9 Å². The number of rotatable bonds is 14. The molecule has 2 aromatic carbocycles. The molecule has 1 heterocycles. The molecule has 2 aromatic rings. The fourth-order valence-corrected chi connectivity index (χ4v) is 5.70. The molecule has 0 aromatic heterocycles. The summed E-state index contributed by atoms with van der Waals surface area (Å²) in [6, 6.07) is 15.9. The van der Waals surface area contributed by atoms with E-state index >= 15 is 0 Å².